The Balaban J connectivity index is 1.55. The maximum absolute atomic E-state index is 13.1. The van der Waals surface area contributed by atoms with Crippen molar-refractivity contribution in [3.63, 3.8) is 0 Å². The van der Waals surface area contributed by atoms with Crippen molar-refractivity contribution < 1.29 is 19.0 Å². The van der Waals surface area contributed by atoms with Gasteiger partial charge in [-0.2, -0.15) is 0 Å². The van der Waals surface area contributed by atoms with Crippen LogP contribution in [-0.4, -0.2) is 24.7 Å². The van der Waals surface area contributed by atoms with Crippen LogP contribution < -0.4 is 36.4 Å². The van der Waals surface area contributed by atoms with Crippen LogP contribution in [0.2, 0.25) is 0 Å². The van der Waals surface area contributed by atoms with E-state index >= 15 is 0 Å². The number of pyridine rings is 1. The van der Waals surface area contributed by atoms with Gasteiger partial charge in [0.1, 0.15) is 11.3 Å². The largest absolute Gasteiger partial charge is 0.493 e. The molecule has 5 N–H and O–H groups in total. The number of hydrogen-bond donors (Lipinski definition) is 3. The molecule has 9 heteroatoms. The first-order chi connectivity index (χ1) is 18.3. The Morgan fingerprint density at radius 2 is 1.63 bits per heavy atom. The SMILES string of the molecule is COc1cc(N)c(/C(=C\N)Oc2ccc(NC(=O)c3cn(C(C)C)c4ccccc4c3=O)cc2)cc1OC. The average Bonchev–Trinajstić information content (AvgIpc) is 2.92. The maximum Gasteiger partial charge on any atom is 0.261 e. The summed E-state index contributed by atoms with van der Waals surface area (Å²) in [5.41, 5.74) is 13.9. The third-order valence-electron chi connectivity index (χ3n) is 6.05. The predicted octanol–water partition coefficient (Wildman–Crippen LogP) is 4.77. The van der Waals surface area contributed by atoms with Gasteiger partial charge in [-0.3, -0.25) is 9.59 Å². The van der Waals surface area contributed by atoms with Crippen molar-refractivity contribution in [2.75, 3.05) is 25.3 Å². The number of carbonyl (C=O) groups is 1. The van der Waals surface area contributed by atoms with Gasteiger partial charge >= 0.3 is 0 Å². The molecule has 0 fully saturated rings. The number of carbonyl (C=O) groups excluding carboxylic acids is 1. The first kappa shape index (κ1) is 26.2. The number of para-hydroxylation sites is 1. The lowest BCUT2D eigenvalue weighted by Crippen LogP contribution is -2.24. The Bertz CT molecular complexity index is 1570. The number of nitrogens with two attached hydrogens (primary N) is 2. The van der Waals surface area contributed by atoms with Gasteiger partial charge in [-0.05, 0) is 56.3 Å². The molecule has 0 radical (unpaired) electrons. The molecule has 0 aliphatic heterocycles. The summed E-state index contributed by atoms with van der Waals surface area (Å²) in [6.07, 6.45) is 2.90. The fourth-order valence-electron chi connectivity index (χ4n) is 4.11. The van der Waals surface area contributed by atoms with E-state index in [1.165, 1.54) is 20.4 Å². The summed E-state index contributed by atoms with van der Waals surface area (Å²) in [6.45, 7) is 3.99. The van der Waals surface area contributed by atoms with Crippen LogP contribution in [0.5, 0.6) is 17.2 Å². The summed E-state index contributed by atoms with van der Waals surface area (Å²) in [6, 6.07) is 17.3. The zero-order valence-corrected chi connectivity index (χ0v) is 21.6. The standard InChI is InChI=1S/C29H30N4O5/c1-17(2)33-16-22(28(34)20-7-5-6-8-24(20)33)29(35)32-18-9-11-19(12-10-18)38-27(15-30)21-13-25(36-3)26(37-4)14-23(21)31/h5-17H,30-31H2,1-4H3,(H,32,35)/b27-15+. The van der Waals surface area contributed by atoms with E-state index in [4.69, 9.17) is 25.7 Å². The number of fused-ring (bicyclic) bond motifs is 1. The molecule has 9 nitrogen and oxygen atoms in total. The van der Waals surface area contributed by atoms with Gasteiger partial charge in [0.2, 0.25) is 5.43 Å². The van der Waals surface area contributed by atoms with E-state index in [2.05, 4.69) is 5.32 Å². The molecule has 0 saturated carbocycles. The number of aromatic nitrogens is 1. The van der Waals surface area contributed by atoms with E-state index in [0.717, 1.165) is 5.52 Å². The van der Waals surface area contributed by atoms with Gasteiger partial charge in [0.05, 0.1) is 19.7 Å². The van der Waals surface area contributed by atoms with Crippen molar-refractivity contribution in [1.29, 1.82) is 0 Å². The van der Waals surface area contributed by atoms with Crippen molar-refractivity contribution in [2.24, 2.45) is 5.73 Å². The van der Waals surface area contributed by atoms with Crippen molar-refractivity contribution in [3.8, 4) is 17.2 Å². The number of ether oxygens (including phenoxy) is 3. The van der Waals surface area contributed by atoms with Crippen LogP contribution in [0.4, 0.5) is 11.4 Å². The summed E-state index contributed by atoms with van der Waals surface area (Å²) in [7, 11) is 3.04. The van der Waals surface area contributed by atoms with E-state index in [0.29, 0.717) is 45.3 Å². The minimum absolute atomic E-state index is 0.0629. The average molecular weight is 515 g/mol. The molecular formula is C29H30N4O5. The van der Waals surface area contributed by atoms with Crippen LogP contribution in [-0.2, 0) is 0 Å². The fourth-order valence-corrected chi connectivity index (χ4v) is 4.11. The highest BCUT2D eigenvalue weighted by molar-refractivity contribution is 6.05. The van der Waals surface area contributed by atoms with Crippen LogP contribution in [0.3, 0.4) is 0 Å². The Morgan fingerprint density at radius 1 is 0.974 bits per heavy atom. The second-order valence-electron chi connectivity index (χ2n) is 8.80. The topological polar surface area (TPSA) is 131 Å². The second kappa shape index (κ2) is 11.0. The molecule has 0 aliphatic carbocycles. The Morgan fingerprint density at radius 3 is 2.26 bits per heavy atom. The fraction of sp³-hybridized carbons (Fsp3) is 0.172. The first-order valence-electron chi connectivity index (χ1n) is 11.9. The Hall–Kier alpha value is -4.92. The van der Waals surface area contributed by atoms with Gasteiger partial charge in [-0.15, -0.1) is 0 Å². The number of rotatable bonds is 8. The summed E-state index contributed by atoms with van der Waals surface area (Å²) in [5, 5.41) is 3.29. The molecule has 1 heterocycles. The van der Waals surface area contributed by atoms with Crippen molar-refractivity contribution in [3.05, 3.63) is 94.4 Å². The molecule has 0 aliphatic rings. The van der Waals surface area contributed by atoms with Gasteiger partial charge in [0.15, 0.2) is 17.3 Å². The lowest BCUT2D eigenvalue weighted by atomic mass is 10.1. The number of hydrogen-bond acceptors (Lipinski definition) is 7. The smallest absolute Gasteiger partial charge is 0.261 e. The highest BCUT2D eigenvalue weighted by Crippen LogP contribution is 2.35. The van der Waals surface area contributed by atoms with Crippen LogP contribution >= 0.6 is 0 Å². The number of nitrogen functional groups attached to an aromatic ring is 1. The third-order valence-corrected chi connectivity index (χ3v) is 6.05. The lowest BCUT2D eigenvalue weighted by molar-refractivity contribution is 0.102. The van der Waals surface area contributed by atoms with E-state index in [9.17, 15) is 9.59 Å². The number of amides is 1. The molecule has 0 spiro atoms. The minimum Gasteiger partial charge on any atom is -0.493 e. The Labute approximate surface area is 220 Å². The molecule has 1 amide bonds. The summed E-state index contributed by atoms with van der Waals surface area (Å²) >= 11 is 0. The van der Waals surface area contributed by atoms with E-state index < -0.39 is 5.91 Å². The highest BCUT2D eigenvalue weighted by atomic mass is 16.5. The van der Waals surface area contributed by atoms with Crippen LogP contribution in [0.15, 0.2) is 77.9 Å². The summed E-state index contributed by atoms with van der Waals surface area (Å²) in [4.78, 5) is 26.1. The summed E-state index contributed by atoms with van der Waals surface area (Å²) in [5.74, 6) is 1.23. The predicted molar refractivity (Wildman–Crippen MR) is 150 cm³/mol. The van der Waals surface area contributed by atoms with Crippen LogP contribution in [0.25, 0.3) is 16.7 Å². The molecule has 0 atom stereocenters. The molecule has 0 saturated heterocycles. The molecule has 196 valence electrons. The molecule has 4 aromatic rings. The van der Waals surface area contributed by atoms with E-state index in [1.807, 2.05) is 30.5 Å². The zero-order valence-electron chi connectivity index (χ0n) is 21.6. The van der Waals surface area contributed by atoms with Gasteiger partial charge in [-0.25, -0.2) is 0 Å². The maximum atomic E-state index is 13.1. The molecule has 4 rings (SSSR count). The van der Waals surface area contributed by atoms with Gasteiger partial charge < -0.3 is 35.6 Å². The summed E-state index contributed by atoms with van der Waals surface area (Å²) < 4.78 is 18.5. The Kier molecular flexibility index (Phi) is 7.57. The molecule has 3 aromatic carbocycles. The highest BCUT2D eigenvalue weighted by Gasteiger charge is 2.18. The van der Waals surface area contributed by atoms with Crippen LogP contribution in [0.1, 0.15) is 35.8 Å². The molecule has 0 bridgehead atoms. The molecule has 1 aromatic heterocycles. The second-order valence-corrected chi connectivity index (χ2v) is 8.80. The van der Waals surface area contributed by atoms with Crippen molar-refractivity contribution in [2.45, 2.75) is 19.9 Å². The quantitative estimate of drug-likeness (QED) is 0.228. The third kappa shape index (κ3) is 5.12. The van der Waals surface area contributed by atoms with Crippen molar-refractivity contribution in [1.82, 2.24) is 4.57 Å². The lowest BCUT2D eigenvalue weighted by Gasteiger charge is -2.17. The van der Waals surface area contributed by atoms with Gasteiger partial charge in [-0.1, -0.05) is 12.1 Å². The normalized spacial score (nSPS) is 11.4. The van der Waals surface area contributed by atoms with E-state index in [-0.39, 0.29) is 17.0 Å². The van der Waals surface area contributed by atoms with Gasteiger partial charge in [0.25, 0.3) is 5.91 Å². The van der Waals surface area contributed by atoms with Crippen molar-refractivity contribution >= 4 is 33.9 Å². The number of methoxy groups -OCH3 is 2. The zero-order chi connectivity index (χ0) is 27.4. The first-order valence-corrected chi connectivity index (χ1v) is 11.9. The number of anilines is 2. The van der Waals surface area contributed by atoms with E-state index in [1.54, 1.807) is 54.7 Å². The van der Waals surface area contributed by atoms with Crippen LogP contribution in [0, 0.1) is 0 Å². The number of nitrogens with zero attached hydrogens (tertiary/aromatic N) is 1. The minimum atomic E-state index is -0.496. The molecular weight excluding hydrogens is 484 g/mol. The molecule has 38 heavy (non-hydrogen) atoms. The number of benzene rings is 3. The monoisotopic (exact) mass is 514 g/mol. The number of nitrogens with one attached hydrogen (secondary N) is 1. The molecule has 0 unspecified atom stereocenters. The van der Waals surface area contributed by atoms with Gasteiger partial charge in [0, 0.05) is 46.8 Å².